The highest BCUT2D eigenvalue weighted by molar-refractivity contribution is 7.09. The second kappa shape index (κ2) is 5.73. The highest BCUT2D eigenvalue weighted by atomic mass is 32.1. The Hall–Kier alpha value is -1.72. The number of thiazole rings is 1. The van der Waals surface area contributed by atoms with Gasteiger partial charge in [-0.1, -0.05) is 18.2 Å². The van der Waals surface area contributed by atoms with Gasteiger partial charge in [0.25, 0.3) is 0 Å². The lowest BCUT2D eigenvalue weighted by molar-refractivity contribution is 0.580. The van der Waals surface area contributed by atoms with Gasteiger partial charge in [-0.15, -0.1) is 11.3 Å². The van der Waals surface area contributed by atoms with Crippen LogP contribution in [0.25, 0.3) is 10.9 Å². The van der Waals surface area contributed by atoms with Crippen LogP contribution in [0.4, 0.5) is 0 Å². The molecule has 4 nitrogen and oxygen atoms in total. The van der Waals surface area contributed by atoms with Crippen molar-refractivity contribution in [2.24, 2.45) is 0 Å². The fourth-order valence-corrected chi connectivity index (χ4v) is 3.25. The van der Waals surface area contributed by atoms with Crippen LogP contribution in [0.15, 0.2) is 36.0 Å². The van der Waals surface area contributed by atoms with Crippen molar-refractivity contribution in [1.82, 2.24) is 20.1 Å². The normalized spacial score (nSPS) is 12.9. The number of nitrogens with zero attached hydrogens (tertiary/aromatic N) is 3. The van der Waals surface area contributed by atoms with Gasteiger partial charge in [0, 0.05) is 35.5 Å². The second-order valence-electron chi connectivity index (χ2n) is 4.73. The number of fused-ring (bicyclic) bond motifs is 1. The summed E-state index contributed by atoms with van der Waals surface area (Å²) in [5.74, 6) is 0. The predicted octanol–water partition coefficient (Wildman–Crippen LogP) is 3.02. The standard InChI is InChI=1S/C15H18N4S/c1-3-19-14-7-5-4-6-11(14)12(18-19)8-13(16-2)15-9-17-10-20-15/h4-7,9-10,13,16H,3,8H2,1-2H3. The van der Waals surface area contributed by atoms with E-state index >= 15 is 0 Å². The molecule has 104 valence electrons. The van der Waals surface area contributed by atoms with E-state index in [0.29, 0.717) is 0 Å². The Morgan fingerprint density at radius 2 is 2.20 bits per heavy atom. The fourth-order valence-electron chi connectivity index (χ4n) is 2.52. The predicted molar refractivity (Wildman–Crippen MR) is 83.0 cm³/mol. The molecule has 0 bridgehead atoms. The van der Waals surface area contributed by atoms with Gasteiger partial charge in [0.1, 0.15) is 0 Å². The summed E-state index contributed by atoms with van der Waals surface area (Å²) in [6.45, 7) is 3.02. The molecule has 2 aromatic heterocycles. The molecule has 1 atom stereocenters. The molecular formula is C15H18N4S. The van der Waals surface area contributed by atoms with Crippen molar-refractivity contribution in [2.45, 2.75) is 25.9 Å². The molecule has 0 spiro atoms. The van der Waals surface area contributed by atoms with Gasteiger partial charge >= 0.3 is 0 Å². The lowest BCUT2D eigenvalue weighted by Crippen LogP contribution is -2.18. The van der Waals surface area contributed by atoms with E-state index in [4.69, 9.17) is 5.10 Å². The summed E-state index contributed by atoms with van der Waals surface area (Å²) in [5, 5.41) is 9.38. The van der Waals surface area contributed by atoms with E-state index in [2.05, 4.69) is 46.2 Å². The van der Waals surface area contributed by atoms with E-state index in [0.717, 1.165) is 18.7 Å². The molecule has 0 saturated carbocycles. The Morgan fingerprint density at radius 3 is 2.90 bits per heavy atom. The first-order valence-corrected chi connectivity index (χ1v) is 7.71. The highest BCUT2D eigenvalue weighted by Crippen LogP contribution is 2.25. The number of aryl methyl sites for hydroxylation is 1. The van der Waals surface area contributed by atoms with E-state index in [-0.39, 0.29) is 6.04 Å². The molecule has 1 N–H and O–H groups in total. The Bertz CT molecular complexity index is 687. The van der Waals surface area contributed by atoms with Crippen LogP contribution in [0.2, 0.25) is 0 Å². The number of nitrogens with one attached hydrogen (secondary N) is 1. The Kier molecular flexibility index (Phi) is 3.80. The number of likely N-dealkylation sites (N-methyl/N-ethyl adjacent to an activating group) is 1. The lowest BCUT2D eigenvalue weighted by Gasteiger charge is -2.12. The quantitative estimate of drug-likeness (QED) is 0.784. The van der Waals surface area contributed by atoms with Crippen molar-refractivity contribution in [2.75, 3.05) is 7.05 Å². The van der Waals surface area contributed by atoms with Crippen LogP contribution in [0.5, 0.6) is 0 Å². The first kappa shape index (κ1) is 13.3. The third-order valence-corrected chi connectivity index (χ3v) is 4.46. The van der Waals surface area contributed by atoms with E-state index in [9.17, 15) is 0 Å². The summed E-state index contributed by atoms with van der Waals surface area (Å²) < 4.78 is 2.07. The number of benzene rings is 1. The largest absolute Gasteiger partial charge is 0.312 e. The monoisotopic (exact) mass is 286 g/mol. The summed E-state index contributed by atoms with van der Waals surface area (Å²) >= 11 is 1.68. The first-order chi connectivity index (χ1) is 9.83. The van der Waals surface area contributed by atoms with Crippen LogP contribution in [-0.2, 0) is 13.0 Å². The minimum Gasteiger partial charge on any atom is -0.312 e. The minimum atomic E-state index is 0.270. The van der Waals surface area contributed by atoms with E-state index in [1.54, 1.807) is 11.3 Å². The number of para-hydroxylation sites is 1. The zero-order valence-corrected chi connectivity index (χ0v) is 12.5. The zero-order chi connectivity index (χ0) is 13.9. The minimum absolute atomic E-state index is 0.270. The zero-order valence-electron chi connectivity index (χ0n) is 11.7. The molecule has 0 radical (unpaired) electrons. The summed E-state index contributed by atoms with van der Waals surface area (Å²) in [5.41, 5.74) is 4.24. The maximum Gasteiger partial charge on any atom is 0.0794 e. The summed E-state index contributed by atoms with van der Waals surface area (Å²) in [7, 11) is 1.99. The smallest absolute Gasteiger partial charge is 0.0794 e. The van der Waals surface area contributed by atoms with Crippen LogP contribution in [0, 0.1) is 0 Å². The van der Waals surface area contributed by atoms with Gasteiger partial charge in [-0.05, 0) is 20.0 Å². The number of hydrogen-bond donors (Lipinski definition) is 1. The maximum atomic E-state index is 4.77. The molecule has 5 heteroatoms. The number of rotatable bonds is 5. The average Bonchev–Trinajstić information content (AvgIpc) is 3.13. The molecule has 0 aliphatic carbocycles. The molecule has 1 aromatic carbocycles. The molecule has 20 heavy (non-hydrogen) atoms. The van der Waals surface area contributed by atoms with Crippen LogP contribution >= 0.6 is 11.3 Å². The lowest BCUT2D eigenvalue weighted by atomic mass is 10.1. The highest BCUT2D eigenvalue weighted by Gasteiger charge is 2.16. The molecule has 2 heterocycles. The van der Waals surface area contributed by atoms with Gasteiger partial charge in [-0.2, -0.15) is 5.10 Å². The molecular weight excluding hydrogens is 268 g/mol. The molecule has 0 aliphatic rings. The third kappa shape index (κ3) is 2.34. The van der Waals surface area contributed by atoms with Crippen molar-refractivity contribution < 1.29 is 0 Å². The summed E-state index contributed by atoms with van der Waals surface area (Å²) in [6, 6.07) is 8.71. The van der Waals surface area contributed by atoms with Crippen LogP contribution in [0.1, 0.15) is 23.5 Å². The molecule has 3 rings (SSSR count). The van der Waals surface area contributed by atoms with Gasteiger partial charge < -0.3 is 5.32 Å². The van der Waals surface area contributed by atoms with E-state index in [1.807, 2.05) is 18.8 Å². The van der Waals surface area contributed by atoms with E-state index in [1.165, 1.54) is 15.8 Å². The third-order valence-electron chi connectivity index (χ3n) is 3.57. The van der Waals surface area contributed by atoms with Crippen molar-refractivity contribution >= 4 is 22.2 Å². The number of hydrogen-bond acceptors (Lipinski definition) is 4. The number of aromatic nitrogens is 3. The molecule has 1 unspecified atom stereocenters. The SMILES string of the molecule is CCn1nc(CC(NC)c2cncs2)c2ccccc21. The van der Waals surface area contributed by atoms with E-state index < -0.39 is 0 Å². The van der Waals surface area contributed by atoms with Crippen molar-refractivity contribution in [3.05, 3.63) is 46.5 Å². The van der Waals surface area contributed by atoms with Crippen LogP contribution in [0.3, 0.4) is 0 Å². The molecule has 0 saturated heterocycles. The van der Waals surface area contributed by atoms with Crippen molar-refractivity contribution in [1.29, 1.82) is 0 Å². The van der Waals surface area contributed by atoms with Gasteiger partial charge in [-0.3, -0.25) is 9.67 Å². The maximum absolute atomic E-state index is 4.77. The first-order valence-electron chi connectivity index (χ1n) is 6.83. The summed E-state index contributed by atoms with van der Waals surface area (Å²) in [6.07, 6.45) is 2.82. The topological polar surface area (TPSA) is 42.7 Å². The van der Waals surface area contributed by atoms with Crippen molar-refractivity contribution in [3.63, 3.8) is 0 Å². The Labute approximate surface area is 122 Å². The van der Waals surface area contributed by atoms with Crippen LogP contribution in [-0.4, -0.2) is 21.8 Å². The van der Waals surface area contributed by atoms with Crippen LogP contribution < -0.4 is 5.32 Å². The second-order valence-corrected chi connectivity index (χ2v) is 5.65. The fraction of sp³-hybridized carbons (Fsp3) is 0.333. The Morgan fingerprint density at radius 1 is 1.35 bits per heavy atom. The molecule has 0 aliphatic heterocycles. The van der Waals surface area contributed by atoms with Crippen molar-refractivity contribution in [3.8, 4) is 0 Å². The molecule has 0 amide bonds. The van der Waals surface area contributed by atoms with Gasteiger partial charge in [0.05, 0.1) is 16.7 Å². The van der Waals surface area contributed by atoms with Gasteiger partial charge in [-0.25, -0.2) is 0 Å². The Balaban J connectivity index is 1.98. The molecule has 0 fully saturated rings. The summed E-state index contributed by atoms with van der Waals surface area (Å²) in [4.78, 5) is 5.42. The van der Waals surface area contributed by atoms with Gasteiger partial charge in [0.2, 0.25) is 0 Å². The van der Waals surface area contributed by atoms with Gasteiger partial charge in [0.15, 0.2) is 0 Å². The average molecular weight is 286 g/mol. The molecule has 3 aromatic rings.